The van der Waals surface area contributed by atoms with E-state index in [-0.39, 0.29) is 11.9 Å². The van der Waals surface area contributed by atoms with Crippen LogP contribution < -0.4 is 5.32 Å². The van der Waals surface area contributed by atoms with E-state index in [2.05, 4.69) is 5.32 Å². The Morgan fingerprint density at radius 3 is 2.68 bits per heavy atom. The molecule has 0 aromatic heterocycles. The van der Waals surface area contributed by atoms with Gasteiger partial charge >= 0.3 is 5.97 Å². The normalized spacial score (nSPS) is 32.0. The van der Waals surface area contributed by atoms with E-state index in [4.69, 9.17) is 0 Å². The highest BCUT2D eigenvalue weighted by Gasteiger charge is 2.54. The van der Waals surface area contributed by atoms with Crippen molar-refractivity contribution >= 4 is 11.7 Å². The number of benzene rings is 2. The van der Waals surface area contributed by atoms with E-state index in [1.807, 2.05) is 24.3 Å². The molecule has 0 radical (unpaired) electrons. The number of nitrogens with one attached hydrogen (secondary N) is 1. The number of carbonyl (C=O) groups is 1. The number of aromatic carboxylic acids is 1. The van der Waals surface area contributed by atoms with Crippen molar-refractivity contribution < 1.29 is 14.3 Å². The Hall–Kier alpha value is -2.36. The lowest BCUT2D eigenvalue weighted by molar-refractivity contribution is 0.0696. The molecule has 4 heteroatoms. The summed E-state index contributed by atoms with van der Waals surface area (Å²) in [5, 5.41) is 12.9. The molecule has 0 unspecified atom stereocenters. The molecule has 5 atom stereocenters. The molecule has 0 amide bonds. The first-order valence-corrected chi connectivity index (χ1v) is 9.01. The van der Waals surface area contributed by atoms with Crippen LogP contribution in [0.3, 0.4) is 0 Å². The Labute approximate surface area is 145 Å². The molecule has 1 aliphatic heterocycles. The van der Waals surface area contributed by atoms with Crippen molar-refractivity contribution in [2.45, 2.75) is 31.2 Å². The summed E-state index contributed by atoms with van der Waals surface area (Å²) < 4.78 is 14.5. The van der Waals surface area contributed by atoms with Crippen molar-refractivity contribution in [1.82, 2.24) is 0 Å². The van der Waals surface area contributed by atoms with Gasteiger partial charge in [-0.3, -0.25) is 0 Å². The lowest BCUT2D eigenvalue weighted by Crippen LogP contribution is -2.36. The van der Waals surface area contributed by atoms with E-state index < -0.39 is 5.97 Å². The Bertz CT molecular complexity index is 865. The number of hydrogen-bond donors (Lipinski definition) is 2. The maximum Gasteiger partial charge on any atom is 0.335 e. The highest BCUT2D eigenvalue weighted by atomic mass is 19.1. The van der Waals surface area contributed by atoms with E-state index >= 15 is 0 Å². The summed E-state index contributed by atoms with van der Waals surface area (Å²) in [5.41, 5.74) is 3.15. The molecule has 1 heterocycles. The predicted molar refractivity (Wildman–Crippen MR) is 93.2 cm³/mol. The van der Waals surface area contributed by atoms with Gasteiger partial charge in [-0.15, -0.1) is 0 Å². The minimum atomic E-state index is -0.890. The van der Waals surface area contributed by atoms with Crippen molar-refractivity contribution in [3.8, 4) is 0 Å². The molecule has 2 N–H and O–H groups in total. The molecular formula is C21H20FNO2. The molecule has 2 aliphatic carbocycles. The molecule has 5 rings (SSSR count). The van der Waals surface area contributed by atoms with E-state index in [0.717, 1.165) is 16.8 Å². The van der Waals surface area contributed by atoms with Crippen LogP contribution >= 0.6 is 0 Å². The van der Waals surface area contributed by atoms with Crippen LogP contribution in [0.2, 0.25) is 0 Å². The van der Waals surface area contributed by atoms with E-state index in [0.29, 0.717) is 29.2 Å². The third-order valence-corrected chi connectivity index (χ3v) is 6.57. The standard InChI is InChI=1S/C21H20FNO2/c22-16-4-2-1-3-14(16)20-19-12-6-5-11(9-12)18(19)15-10-13(21(24)25)7-8-17(15)23-20/h1-4,7-8,10-12,18-20,23H,5-6,9H2,(H,24,25)/t11-,12-,18+,19+,20-/m0/s1. The maximum absolute atomic E-state index is 14.5. The van der Waals surface area contributed by atoms with Crippen molar-refractivity contribution in [2.75, 3.05) is 5.32 Å². The number of carboxylic acids is 1. The van der Waals surface area contributed by atoms with Gasteiger partial charge in [-0.05, 0) is 72.8 Å². The number of fused-ring (bicyclic) bond motifs is 7. The molecule has 2 saturated carbocycles. The Kier molecular flexibility index (Phi) is 3.18. The summed E-state index contributed by atoms with van der Waals surface area (Å²) in [4.78, 5) is 11.4. The molecular weight excluding hydrogens is 317 g/mol. The summed E-state index contributed by atoms with van der Waals surface area (Å²) in [6.07, 6.45) is 3.58. The van der Waals surface area contributed by atoms with E-state index in [9.17, 15) is 14.3 Å². The van der Waals surface area contributed by atoms with Crippen LogP contribution in [-0.4, -0.2) is 11.1 Å². The van der Waals surface area contributed by atoms with Gasteiger partial charge in [0.25, 0.3) is 0 Å². The van der Waals surface area contributed by atoms with E-state index in [1.54, 1.807) is 12.1 Å². The van der Waals surface area contributed by atoms with Crippen LogP contribution in [0.15, 0.2) is 42.5 Å². The minimum absolute atomic E-state index is 0.0373. The molecule has 0 spiro atoms. The van der Waals surface area contributed by atoms with Gasteiger partial charge in [0.1, 0.15) is 5.82 Å². The fraction of sp³-hybridized carbons (Fsp3) is 0.381. The average molecular weight is 337 g/mol. The van der Waals surface area contributed by atoms with Gasteiger partial charge in [-0.2, -0.15) is 0 Å². The van der Waals surface area contributed by atoms with Gasteiger partial charge < -0.3 is 10.4 Å². The third kappa shape index (κ3) is 2.13. The number of anilines is 1. The number of carboxylic acid groups (broad SMARTS) is 1. The molecule has 128 valence electrons. The minimum Gasteiger partial charge on any atom is -0.478 e. The first kappa shape index (κ1) is 14.9. The maximum atomic E-state index is 14.5. The Balaban J connectivity index is 1.65. The zero-order valence-electron chi connectivity index (χ0n) is 13.8. The van der Waals surface area contributed by atoms with Crippen molar-refractivity contribution in [1.29, 1.82) is 0 Å². The van der Waals surface area contributed by atoms with Crippen molar-refractivity contribution in [3.63, 3.8) is 0 Å². The van der Waals surface area contributed by atoms with Crippen LogP contribution in [0.25, 0.3) is 0 Å². The highest BCUT2D eigenvalue weighted by Crippen LogP contribution is 2.63. The first-order valence-electron chi connectivity index (χ1n) is 9.01. The summed E-state index contributed by atoms with van der Waals surface area (Å²) in [7, 11) is 0. The zero-order valence-corrected chi connectivity index (χ0v) is 13.8. The summed E-state index contributed by atoms with van der Waals surface area (Å²) in [6, 6.07) is 12.3. The lowest BCUT2D eigenvalue weighted by Gasteiger charge is -2.43. The number of hydrogen-bond acceptors (Lipinski definition) is 2. The molecule has 2 bridgehead atoms. The smallest absolute Gasteiger partial charge is 0.335 e. The first-order chi connectivity index (χ1) is 12.1. The van der Waals surface area contributed by atoms with Crippen LogP contribution in [-0.2, 0) is 0 Å². The molecule has 2 aromatic carbocycles. The lowest BCUT2D eigenvalue weighted by atomic mass is 9.68. The van der Waals surface area contributed by atoms with Crippen LogP contribution in [0.1, 0.15) is 52.7 Å². The number of rotatable bonds is 2. The highest BCUT2D eigenvalue weighted by molar-refractivity contribution is 5.88. The average Bonchev–Trinajstić information content (AvgIpc) is 3.23. The Morgan fingerprint density at radius 2 is 1.88 bits per heavy atom. The second-order valence-electron chi connectivity index (χ2n) is 7.69. The molecule has 0 saturated heterocycles. The SMILES string of the molecule is O=C(O)c1ccc2c(c1)[C@H]1[C@H]3CC[C@@H](C3)[C@H]1[C@H](c1ccccc1F)N2. The molecule has 3 nitrogen and oxygen atoms in total. The van der Waals surface area contributed by atoms with Gasteiger partial charge in [0, 0.05) is 11.3 Å². The Morgan fingerprint density at radius 1 is 1.08 bits per heavy atom. The predicted octanol–water partition coefficient (Wildman–Crippen LogP) is 4.82. The number of halogens is 1. The van der Waals surface area contributed by atoms with Gasteiger partial charge in [-0.1, -0.05) is 18.2 Å². The second kappa shape index (κ2) is 5.32. The topological polar surface area (TPSA) is 49.3 Å². The molecule has 2 aromatic rings. The van der Waals surface area contributed by atoms with E-state index in [1.165, 1.54) is 25.3 Å². The third-order valence-electron chi connectivity index (χ3n) is 6.57. The zero-order chi connectivity index (χ0) is 17.1. The summed E-state index contributed by atoms with van der Waals surface area (Å²) in [5.74, 6) is 0.805. The largest absolute Gasteiger partial charge is 0.478 e. The van der Waals surface area contributed by atoms with Crippen LogP contribution in [0.5, 0.6) is 0 Å². The quantitative estimate of drug-likeness (QED) is 0.826. The second-order valence-corrected chi connectivity index (χ2v) is 7.69. The van der Waals surface area contributed by atoms with Crippen molar-refractivity contribution in [2.24, 2.45) is 17.8 Å². The molecule has 25 heavy (non-hydrogen) atoms. The van der Waals surface area contributed by atoms with Gasteiger partial charge in [0.15, 0.2) is 0 Å². The summed E-state index contributed by atoms with van der Waals surface area (Å²) >= 11 is 0. The fourth-order valence-corrected chi connectivity index (χ4v) is 5.66. The van der Waals surface area contributed by atoms with Gasteiger partial charge in [0.2, 0.25) is 0 Å². The monoisotopic (exact) mass is 337 g/mol. The van der Waals surface area contributed by atoms with Gasteiger partial charge in [-0.25, -0.2) is 9.18 Å². The van der Waals surface area contributed by atoms with Crippen LogP contribution in [0.4, 0.5) is 10.1 Å². The summed E-state index contributed by atoms with van der Waals surface area (Å²) in [6.45, 7) is 0. The van der Waals surface area contributed by atoms with Gasteiger partial charge in [0.05, 0.1) is 11.6 Å². The van der Waals surface area contributed by atoms with Crippen molar-refractivity contribution in [3.05, 3.63) is 65.0 Å². The fourth-order valence-electron chi connectivity index (χ4n) is 5.66. The van der Waals surface area contributed by atoms with Crippen LogP contribution in [0, 0.1) is 23.6 Å². The molecule has 2 fully saturated rings. The molecule has 3 aliphatic rings.